The second-order valence-electron chi connectivity index (χ2n) is 7.38. The van der Waals surface area contributed by atoms with Gasteiger partial charge in [-0.25, -0.2) is 4.79 Å². The van der Waals surface area contributed by atoms with E-state index in [1.54, 1.807) is 13.2 Å². The summed E-state index contributed by atoms with van der Waals surface area (Å²) < 4.78 is 3.88. The number of benzene rings is 2. The van der Waals surface area contributed by atoms with Crippen LogP contribution in [0.5, 0.6) is 0 Å². The molecule has 2 aromatic heterocycles. The number of amides is 1. The number of anilines is 1. The fourth-order valence-electron chi connectivity index (χ4n) is 3.52. The lowest BCUT2D eigenvalue weighted by molar-refractivity contribution is -0.116. The van der Waals surface area contributed by atoms with Gasteiger partial charge in [0.2, 0.25) is 5.91 Å². The van der Waals surface area contributed by atoms with E-state index in [0.29, 0.717) is 11.2 Å². The highest BCUT2D eigenvalue weighted by atomic mass is 16.2. The molecule has 1 amide bonds. The Bertz CT molecular complexity index is 1350. The highest BCUT2D eigenvalue weighted by Crippen LogP contribution is 2.11. The minimum absolute atomic E-state index is 0.102. The normalized spacial score (nSPS) is 11.0. The number of hydrogen-bond acceptors (Lipinski definition) is 4. The van der Waals surface area contributed by atoms with Crippen LogP contribution in [0.25, 0.3) is 11.0 Å². The first-order valence-corrected chi connectivity index (χ1v) is 10.1. The molecule has 0 bridgehead atoms. The fourth-order valence-corrected chi connectivity index (χ4v) is 3.52. The molecule has 4 aromatic rings. The van der Waals surface area contributed by atoms with Gasteiger partial charge in [0.15, 0.2) is 5.52 Å². The molecule has 0 aliphatic rings. The Balaban J connectivity index is 1.71. The first-order chi connectivity index (χ1) is 15.0. The Labute approximate surface area is 178 Å². The molecule has 0 radical (unpaired) electrons. The van der Waals surface area contributed by atoms with Crippen molar-refractivity contribution < 1.29 is 4.79 Å². The third-order valence-electron chi connectivity index (χ3n) is 5.14. The lowest BCUT2D eigenvalue weighted by Gasteiger charge is -2.12. The van der Waals surface area contributed by atoms with Gasteiger partial charge in [-0.15, -0.1) is 0 Å². The average Bonchev–Trinajstić information content (AvgIpc) is 3.17. The average molecular weight is 417 g/mol. The summed E-state index contributed by atoms with van der Waals surface area (Å²) in [5, 5.41) is 7.03. The molecule has 2 heterocycles. The molecule has 31 heavy (non-hydrogen) atoms. The summed E-state index contributed by atoms with van der Waals surface area (Å²) in [5.74, 6) is -0.360. The summed E-state index contributed by atoms with van der Waals surface area (Å²) in [5.41, 5.74) is 2.08. The van der Waals surface area contributed by atoms with E-state index >= 15 is 0 Å². The van der Waals surface area contributed by atoms with Crippen LogP contribution in [0.1, 0.15) is 18.1 Å². The van der Waals surface area contributed by atoms with E-state index in [1.165, 1.54) is 14.8 Å². The van der Waals surface area contributed by atoms with Crippen LogP contribution in [-0.4, -0.2) is 24.8 Å². The second-order valence-corrected chi connectivity index (χ2v) is 7.38. The Morgan fingerprint density at radius 3 is 2.35 bits per heavy atom. The monoisotopic (exact) mass is 417 g/mol. The lowest BCUT2D eigenvalue weighted by Crippen LogP contribution is -2.41. The first-order valence-electron chi connectivity index (χ1n) is 10.1. The number of rotatable bonds is 6. The number of hydrogen-bond donors (Lipinski definition) is 1. The van der Waals surface area contributed by atoms with Gasteiger partial charge >= 0.3 is 5.69 Å². The van der Waals surface area contributed by atoms with E-state index in [2.05, 4.69) is 17.3 Å². The molecule has 0 unspecified atom stereocenters. The number of nitrogens with one attached hydrogen (secondary N) is 1. The first kappa shape index (κ1) is 20.3. The van der Waals surface area contributed by atoms with Crippen LogP contribution < -0.4 is 16.6 Å². The lowest BCUT2D eigenvalue weighted by atomic mass is 10.1. The van der Waals surface area contributed by atoms with Gasteiger partial charge in [0, 0.05) is 18.9 Å². The van der Waals surface area contributed by atoms with Gasteiger partial charge < -0.3 is 5.32 Å². The molecule has 0 aliphatic carbocycles. The summed E-state index contributed by atoms with van der Waals surface area (Å²) in [4.78, 5) is 38.8. The van der Waals surface area contributed by atoms with Gasteiger partial charge in [-0.3, -0.25) is 23.4 Å². The largest absolute Gasteiger partial charge is 0.332 e. The van der Waals surface area contributed by atoms with Gasteiger partial charge in [-0.1, -0.05) is 49.4 Å². The number of aryl methyl sites for hydroxylation is 2. The highest BCUT2D eigenvalue weighted by molar-refractivity contribution is 5.91. The number of carbonyl (C=O) groups is 1. The van der Waals surface area contributed by atoms with E-state index in [4.69, 9.17) is 0 Å². The smallest absolute Gasteiger partial charge is 0.325 e. The Hall–Kier alpha value is -3.94. The van der Waals surface area contributed by atoms with Crippen LogP contribution in [0, 0.1) is 0 Å². The zero-order valence-electron chi connectivity index (χ0n) is 17.4. The molecule has 1 N–H and O–H groups in total. The minimum atomic E-state index is -0.550. The van der Waals surface area contributed by atoms with E-state index < -0.39 is 11.2 Å². The maximum Gasteiger partial charge on any atom is 0.332 e. The van der Waals surface area contributed by atoms with Crippen molar-refractivity contribution in [2.75, 3.05) is 5.32 Å². The van der Waals surface area contributed by atoms with Crippen molar-refractivity contribution in [1.82, 2.24) is 18.9 Å². The maximum atomic E-state index is 13.2. The molecule has 0 saturated heterocycles. The number of nitrogens with zero attached hydrogens (tertiary/aromatic N) is 4. The number of carbonyl (C=O) groups excluding carboxylic acids is 1. The SMILES string of the molecule is CCc1ccc(NC(=O)Cn2c(=O)n(Cc3ccccc3)c(=O)c3nn(C)cc32)cc1. The minimum Gasteiger partial charge on any atom is -0.325 e. The zero-order chi connectivity index (χ0) is 22.0. The molecule has 0 saturated carbocycles. The van der Waals surface area contributed by atoms with Crippen molar-refractivity contribution in [2.24, 2.45) is 7.05 Å². The van der Waals surface area contributed by atoms with Crippen LogP contribution in [0.4, 0.5) is 5.69 Å². The summed E-state index contributed by atoms with van der Waals surface area (Å²) in [6, 6.07) is 16.8. The molecular formula is C23H23N5O3. The molecule has 0 spiro atoms. The van der Waals surface area contributed by atoms with Crippen molar-refractivity contribution in [3.05, 3.63) is 92.8 Å². The topological polar surface area (TPSA) is 90.9 Å². The van der Waals surface area contributed by atoms with Gasteiger partial charge in [-0.2, -0.15) is 5.10 Å². The van der Waals surface area contributed by atoms with E-state index in [1.807, 2.05) is 54.6 Å². The summed E-state index contributed by atoms with van der Waals surface area (Å²) in [6.45, 7) is 1.93. The predicted molar refractivity (Wildman–Crippen MR) is 119 cm³/mol. The standard InChI is InChI=1S/C23H23N5O3/c1-3-16-9-11-18(12-10-16)24-20(29)15-27-19-14-26(2)25-21(19)22(30)28(23(27)31)13-17-7-5-4-6-8-17/h4-12,14H,3,13,15H2,1-2H3,(H,24,29). The zero-order valence-corrected chi connectivity index (χ0v) is 17.4. The van der Waals surface area contributed by atoms with Crippen molar-refractivity contribution in [3.8, 4) is 0 Å². The van der Waals surface area contributed by atoms with Crippen LogP contribution in [-0.2, 0) is 31.4 Å². The molecule has 4 rings (SSSR count). The van der Waals surface area contributed by atoms with E-state index in [9.17, 15) is 14.4 Å². The van der Waals surface area contributed by atoms with Crippen LogP contribution in [0.2, 0.25) is 0 Å². The molecule has 2 aromatic carbocycles. The van der Waals surface area contributed by atoms with Gasteiger partial charge in [-0.05, 0) is 29.7 Å². The van der Waals surface area contributed by atoms with Crippen LogP contribution in [0.15, 0.2) is 70.4 Å². The molecule has 0 aliphatic heterocycles. The molecular weight excluding hydrogens is 394 g/mol. The Morgan fingerprint density at radius 2 is 1.68 bits per heavy atom. The maximum absolute atomic E-state index is 13.2. The third kappa shape index (κ3) is 4.18. The highest BCUT2D eigenvalue weighted by Gasteiger charge is 2.18. The van der Waals surface area contributed by atoms with Crippen LogP contribution >= 0.6 is 0 Å². The quantitative estimate of drug-likeness (QED) is 0.520. The Kier molecular flexibility index (Phi) is 5.53. The van der Waals surface area contributed by atoms with E-state index in [0.717, 1.165) is 16.6 Å². The predicted octanol–water partition coefficient (Wildman–Crippen LogP) is 2.15. The van der Waals surface area contributed by atoms with Crippen molar-refractivity contribution >= 4 is 22.6 Å². The van der Waals surface area contributed by atoms with Gasteiger partial charge in [0.05, 0.1) is 12.1 Å². The second kappa shape index (κ2) is 8.43. The van der Waals surface area contributed by atoms with Crippen LogP contribution in [0.3, 0.4) is 0 Å². The molecule has 0 fully saturated rings. The van der Waals surface area contributed by atoms with Crippen molar-refractivity contribution in [2.45, 2.75) is 26.4 Å². The molecule has 0 atom stereocenters. The summed E-state index contributed by atoms with van der Waals surface area (Å²) in [7, 11) is 1.67. The summed E-state index contributed by atoms with van der Waals surface area (Å²) >= 11 is 0. The number of aromatic nitrogens is 4. The molecule has 158 valence electrons. The third-order valence-corrected chi connectivity index (χ3v) is 5.14. The van der Waals surface area contributed by atoms with Crippen molar-refractivity contribution in [3.63, 3.8) is 0 Å². The fraction of sp³-hybridized carbons (Fsp3) is 0.217. The molecule has 8 heteroatoms. The van der Waals surface area contributed by atoms with E-state index in [-0.39, 0.29) is 24.5 Å². The summed E-state index contributed by atoms with van der Waals surface area (Å²) in [6.07, 6.45) is 2.49. The van der Waals surface area contributed by atoms with Gasteiger partial charge in [0.25, 0.3) is 5.56 Å². The number of fused-ring (bicyclic) bond motifs is 1. The molecule has 8 nitrogen and oxygen atoms in total. The van der Waals surface area contributed by atoms with Crippen molar-refractivity contribution in [1.29, 1.82) is 0 Å². The van der Waals surface area contributed by atoms with Gasteiger partial charge in [0.1, 0.15) is 6.54 Å². The Morgan fingerprint density at radius 1 is 0.968 bits per heavy atom.